The van der Waals surface area contributed by atoms with Gasteiger partial charge in [0.2, 0.25) is 5.82 Å². The lowest BCUT2D eigenvalue weighted by molar-refractivity contribution is -0.144. The quantitative estimate of drug-likeness (QED) is 0.800. The van der Waals surface area contributed by atoms with Crippen molar-refractivity contribution in [3.63, 3.8) is 0 Å². The smallest absolute Gasteiger partial charge is 0.384 e. The fraction of sp³-hybridized carbons (Fsp3) is 0.692. The summed E-state index contributed by atoms with van der Waals surface area (Å²) in [5.74, 6) is -1.24. The van der Waals surface area contributed by atoms with Gasteiger partial charge in [0.05, 0.1) is 0 Å². The van der Waals surface area contributed by atoms with Gasteiger partial charge in [0, 0.05) is 12.1 Å². The van der Waals surface area contributed by atoms with Crippen LogP contribution in [-0.2, 0) is 6.18 Å². The summed E-state index contributed by atoms with van der Waals surface area (Å²) in [6.45, 7) is 4.11. The summed E-state index contributed by atoms with van der Waals surface area (Å²) >= 11 is 0. The van der Waals surface area contributed by atoms with Gasteiger partial charge in [0.1, 0.15) is 11.6 Å². The van der Waals surface area contributed by atoms with Crippen molar-refractivity contribution in [2.75, 3.05) is 11.1 Å². The highest BCUT2D eigenvalue weighted by atomic mass is 19.4. The van der Waals surface area contributed by atoms with Crippen molar-refractivity contribution in [2.24, 2.45) is 0 Å². The van der Waals surface area contributed by atoms with Gasteiger partial charge in [-0.05, 0) is 12.8 Å². The molecule has 1 atom stereocenters. The standard InChI is InChI=1S/C13H21F3N4/c1-3-5-7-9(6-4-2)18-11-8-10(17)19-12(20-11)13(14,15)16/h8-9H,3-7H2,1-2H3,(H3,17,18,19,20). The second kappa shape index (κ2) is 7.31. The van der Waals surface area contributed by atoms with E-state index in [1.165, 1.54) is 6.07 Å². The maximum Gasteiger partial charge on any atom is 0.451 e. The first kappa shape index (κ1) is 16.5. The van der Waals surface area contributed by atoms with E-state index in [9.17, 15) is 13.2 Å². The van der Waals surface area contributed by atoms with Crippen LogP contribution < -0.4 is 11.1 Å². The minimum atomic E-state index is -4.59. The Labute approximate surface area is 117 Å². The van der Waals surface area contributed by atoms with Crippen molar-refractivity contribution in [1.82, 2.24) is 9.97 Å². The summed E-state index contributed by atoms with van der Waals surface area (Å²) < 4.78 is 37.9. The number of rotatable bonds is 7. The van der Waals surface area contributed by atoms with Gasteiger partial charge in [-0.15, -0.1) is 0 Å². The zero-order chi connectivity index (χ0) is 15.2. The van der Waals surface area contributed by atoms with Gasteiger partial charge < -0.3 is 11.1 Å². The first-order chi connectivity index (χ1) is 9.36. The molecule has 1 unspecified atom stereocenters. The molecule has 0 bridgehead atoms. The predicted molar refractivity (Wildman–Crippen MR) is 73.3 cm³/mol. The van der Waals surface area contributed by atoms with Crippen LogP contribution in [0.4, 0.5) is 24.8 Å². The van der Waals surface area contributed by atoms with Crippen molar-refractivity contribution in [1.29, 1.82) is 0 Å². The van der Waals surface area contributed by atoms with Crippen LogP contribution in [-0.4, -0.2) is 16.0 Å². The van der Waals surface area contributed by atoms with Gasteiger partial charge in [0.25, 0.3) is 0 Å². The largest absolute Gasteiger partial charge is 0.451 e. The molecule has 0 saturated heterocycles. The molecule has 4 nitrogen and oxygen atoms in total. The summed E-state index contributed by atoms with van der Waals surface area (Å²) in [4.78, 5) is 6.73. The van der Waals surface area contributed by atoms with E-state index in [-0.39, 0.29) is 17.7 Å². The third-order valence-corrected chi connectivity index (χ3v) is 2.89. The van der Waals surface area contributed by atoms with E-state index in [0.717, 1.165) is 32.1 Å². The second-order valence-electron chi connectivity index (χ2n) is 4.77. The number of hydrogen-bond acceptors (Lipinski definition) is 4. The maximum absolute atomic E-state index is 12.6. The Bertz CT molecular complexity index is 421. The minimum Gasteiger partial charge on any atom is -0.384 e. The average molecular weight is 290 g/mol. The number of nitrogens with two attached hydrogens (primary N) is 1. The molecular formula is C13H21F3N4. The van der Waals surface area contributed by atoms with Crippen molar-refractivity contribution in [3.8, 4) is 0 Å². The molecule has 1 aromatic rings. The van der Waals surface area contributed by atoms with Crippen molar-refractivity contribution in [3.05, 3.63) is 11.9 Å². The Hall–Kier alpha value is -1.53. The van der Waals surface area contributed by atoms with Gasteiger partial charge >= 0.3 is 6.18 Å². The highest BCUT2D eigenvalue weighted by molar-refractivity contribution is 5.45. The molecule has 0 aliphatic rings. The fourth-order valence-electron chi connectivity index (χ4n) is 1.96. The number of alkyl halides is 3. The molecule has 3 N–H and O–H groups in total. The van der Waals surface area contributed by atoms with Gasteiger partial charge in [-0.2, -0.15) is 13.2 Å². The molecular weight excluding hydrogens is 269 g/mol. The Morgan fingerprint density at radius 2 is 1.90 bits per heavy atom. The lowest BCUT2D eigenvalue weighted by atomic mass is 10.1. The van der Waals surface area contributed by atoms with Gasteiger partial charge in [0.15, 0.2) is 0 Å². The molecule has 0 radical (unpaired) electrons. The molecule has 1 aromatic heterocycles. The van der Waals surface area contributed by atoms with E-state index in [4.69, 9.17) is 5.73 Å². The number of unbranched alkanes of at least 4 members (excludes halogenated alkanes) is 1. The number of nitrogens with one attached hydrogen (secondary N) is 1. The van der Waals surface area contributed by atoms with E-state index in [1.807, 2.05) is 6.92 Å². The Balaban J connectivity index is 2.86. The Kier molecular flexibility index (Phi) is 6.04. The highest BCUT2D eigenvalue weighted by Crippen LogP contribution is 2.28. The SMILES string of the molecule is CCCCC(CCC)Nc1cc(N)nc(C(F)(F)F)n1. The number of hydrogen-bond donors (Lipinski definition) is 2. The summed E-state index contributed by atoms with van der Waals surface area (Å²) in [5.41, 5.74) is 5.41. The van der Waals surface area contributed by atoms with E-state index >= 15 is 0 Å². The number of nitrogens with zero attached hydrogens (tertiary/aromatic N) is 2. The lowest BCUT2D eigenvalue weighted by Gasteiger charge is -2.19. The molecule has 0 aromatic carbocycles. The number of nitrogen functional groups attached to an aromatic ring is 1. The van der Waals surface area contributed by atoms with Crippen LogP contribution >= 0.6 is 0 Å². The van der Waals surface area contributed by atoms with Gasteiger partial charge in [-0.1, -0.05) is 33.1 Å². The summed E-state index contributed by atoms with van der Waals surface area (Å²) in [6.07, 6.45) is 0.205. The van der Waals surface area contributed by atoms with Crippen LogP contribution in [0.15, 0.2) is 6.07 Å². The molecule has 7 heteroatoms. The van der Waals surface area contributed by atoms with Gasteiger partial charge in [-0.3, -0.25) is 0 Å². The molecule has 0 saturated carbocycles. The zero-order valence-electron chi connectivity index (χ0n) is 11.8. The summed E-state index contributed by atoms with van der Waals surface area (Å²) in [5, 5.41) is 3.04. The highest BCUT2D eigenvalue weighted by Gasteiger charge is 2.35. The normalized spacial score (nSPS) is 13.2. The van der Waals surface area contributed by atoms with Crippen molar-refractivity contribution >= 4 is 11.6 Å². The third-order valence-electron chi connectivity index (χ3n) is 2.89. The first-order valence-electron chi connectivity index (χ1n) is 6.85. The summed E-state index contributed by atoms with van der Waals surface area (Å²) in [6, 6.07) is 1.44. The summed E-state index contributed by atoms with van der Waals surface area (Å²) in [7, 11) is 0. The van der Waals surface area contributed by atoms with E-state index in [2.05, 4.69) is 22.2 Å². The molecule has 114 valence electrons. The minimum absolute atomic E-state index is 0.107. The fourth-order valence-corrected chi connectivity index (χ4v) is 1.96. The number of anilines is 2. The Morgan fingerprint density at radius 1 is 1.20 bits per heavy atom. The van der Waals surface area contributed by atoms with Crippen LogP contribution in [0.1, 0.15) is 51.8 Å². The molecule has 0 fully saturated rings. The molecule has 0 aliphatic heterocycles. The Morgan fingerprint density at radius 3 is 2.45 bits per heavy atom. The van der Waals surface area contributed by atoms with Crippen LogP contribution in [0.5, 0.6) is 0 Å². The molecule has 0 spiro atoms. The number of aromatic nitrogens is 2. The van der Waals surface area contributed by atoms with E-state index in [0.29, 0.717) is 0 Å². The molecule has 1 heterocycles. The number of halogens is 3. The van der Waals surface area contributed by atoms with Crippen LogP contribution in [0.25, 0.3) is 0 Å². The topological polar surface area (TPSA) is 63.8 Å². The molecule has 20 heavy (non-hydrogen) atoms. The van der Waals surface area contributed by atoms with Crippen LogP contribution in [0, 0.1) is 0 Å². The second-order valence-corrected chi connectivity index (χ2v) is 4.77. The van der Waals surface area contributed by atoms with Crippen LogP contribution in [0.2, 0.25) is 0 Å². The molecule has 1 rings (SSSR count). The third kappa shape index (κ3) is 5.22. The van der Waals surface area contributed by atoms with Crippen molar-refractivity contribution < 1.29 is 13.2 Å². The maximum atomic E-state index is 12.6. The van der Waals surface area contributed by atoms with E-state index in [1.54, 1.807) is 0 Å². The van der Waals surface area contributed by atoms with Crippen LogP contribution in [0.3, 0.4) is 0 Å². The first-order valence-corrected chi connectivity index (χ1v) is 6.85. The molecule has 0 aliphatic carbocycles. The monoisotopic (exact) mass is 290 g/mol. The zero-order valence-corrected chi connectivity index (χ0v) is 11.8. The lowest BCUT2D eigenvalue weighted by Crippen LogP contribution is -2.22. The van der Waals surface area contributed by atoms with Crippen molar-refractivity contribution in [2.45, 2.75) is 58.2 Å². The predicted octanol–water partition coefficient (Wildman–Crippen LogP) is 3.85. The van der Waals surface area contributed by atoms with E-state index < -0.39 is 12.0 Å². The average Bonchev–Trinajstić information content (AvgIpc) is 2.34. The van der Waals surface area contributed by atoms with Gasteiger partial charge in [-0.25, -0.2) is 9.97 Å². The molecule has 0 amide bonds.